The maximum Gasteiger partial charge on any atom is 0.274 e. The van der Waals surface area contributed by atoms with E-state index in [9.17, 15) is 4.79 Å². The molecule has 0 aliphatic carbocycles. The van der Waals surface area contributed by atoms with Crippen molar-refractivity contribution in [3.8, 4) is 0 Å². The summed E-state index contributed by atoms with van der Waals surface area (Å²) < 4.78 is 0. The number of anilines is 2. The second-order valence-electron chi connectivity index (χ2n) is 6.72. The molecule has 1 aromatic carbocycles. The van der Waals surface area contributed by atoms with Crippen molar-refractivity contribution in [1.82, 2.24) is 4.98 Å². The largest absolute Gasteiger partial charge is 0.379 e. The maximum absolute atomic E-state index is 12.4. The van der Waals surface area contributed by atoms with Gasteiger partial charge in [-0.25, -0.2) is 4.98 Å². The number of carbonyl (C=O) groups excluding carboxylic acids is 1. The third kappa shape index (κ3) is 4.55. The monoisotopic (exact) mass is 311 g/mol. The standard InChI is InChI=1S/C19H25N3O/c1-6-14-9-7-8-13(2)17(14)21-18(23)16-11-10-15(12-20-16)22-19(3,4)5/h7-12,22H,6H2,1-5H3,(H,21,23). The van der Waals surface area contributed by atoms with E-state index in [1.807, 2.05) is 31.2 Å². The zero-order valence-electron chi connectivity index (χ0n) is 14.5. The summed E-state index contributed by atoms with van der Waals surface area (Å²) in [4.78, 5) is 16.7. The number of benzene rings is 1. The first-order valence-electron chi connectivity index (χ1n) is 7.94. The molecule has 0 spiro atoms. The first-order valence-corrected chi connectivity index (χ1v) is 7.94. The molecule has 0 saturated carbocycles. The Morgan fingerprint density at radius 1 is 1.17 bits per heavy atom. The first kappa shape index (κ1) is 17.0. The van der Waals surface area contributed by atoms with Gasteiger partial charge in [0, 0.05) is 11.2 Å². The first-order chi connectivity index (χ1) is 10.8. The van der Waals surface area contributed by atoms with E-state index in [-0.39, 0.29) is 11.4 Å². The summed E-state index contributed by atoms with van der Waals surface area (Å²) in [5, 5.41) is 6.32. The van der Waals surface area contributed by atoms with Crippen LogP contribution in [0.5, 0.6) is 0 Å². The molecule has 0 fully saturated rings. The molecular formula is C19H25N3O. The van der Waals surface area contributed by atoms with Crippen molar-refractivity contribution in [3.63, 3.8) is 0 Å². The summed E-state index contributed by atoms with van der Waals surface area (Å²) in [6.07, 6.45) is 2.57. The highest BCUT2D eigenvalue weighted by molar-refractivity contribution is 6.03. The smallest absolute Gasteiger partial charge is 0.274 e. The van der Waals surface area contributed by atoms with Gasteiger partial charge in [-0.15, -0.1) is 0 Å². The quantitative estimate of drug-likeness (QED) is 0.879. The van der Waals surface area contributed by atoms with E-state index in [1.54, 1.807) is 12.3 Å². The normalized spacial score (nSPS) is 11.2. The van der Waals surface area contributed by atoms with Gasteiger partial charge in [0.2, 0.25) is 0 Å². The van der Waals surface area contributed by atoms with Crippen molar-refractivity contribution < 1.29 is 4.79 Å². The predicted molar refractivity (Wildman–Crippen MR) is 96.1 cm³/mol. The third-order valence-electron chi connectivity index (χ3n) is 3.49. The Kier molecular flexibility index (Phi) is 5.04. The van der Waals surface area contributed by atoms with Crippen LogP contribution in [0, 0.1) is 6.92 Å². The summed E-state index contributed by atoms with van der Waals surface area (Å²) in [6.45, 7) is 10.3. The van der Waals surface area contributed by atoms with Crippen molar-refractivity contribution in [1.29, 1.82) is 0 Å². The van der Waals surface area contributed by atoms with Crippen LogP contribution in [0.1, 0.15) is 49.3 Å². The van der Waals surface area contributed by atoms with Crippen LogP contribution in [0.15, 0.2) is 36.5 Å². The molecule has 23 heavy (non-hydrogen) atoms. The van der Waals surface area contributed by atoms with Gasteiger partial charge in [-0.3, -0.25) is 4.79 Å². The van der Waals surface area contributed by atoms with E-state index in [1.165, 1.54) is 0 Å². The highest BCUT2D eigenvalue weighted by Gasteiger charge is 2.13. The molecule has 2 aromatic rings. The third-order valence-corrected chi connectivity index (χ3v) is 3.49. The number of nitrogens with one attached hydrogen (secondary N) is 2. The van der Waals surface area contributed by atoms with Crippen molar-refractivity contribution >= 4 is 17.3 Å². The Bertz CT molecular complexity index is 685. The van der Waals surface area contributed by atoms with Crippen LogP contribution >= 0.6 is 0 Å². The van der Waals surface area contributed by atoms with Gasteiger partial charge in [0.25, 0.3) is 5.91 Å². The van der Waals surface area contributed by atoms with Gasteiger partial charge < -0.3 is 10.6 Å². The lowest BCUT2D eigenvalue weighted by atomic mass is 10.1. The fraction of sp³-hybridized carbons (Fsp3) is 0.368. The molecule has 122 valence electrons. The molecule has 0 radical (unpaired) electrons. The Labute approximate surface area is 138 Å². The highest BCUT2D eigenvalue weighted by atomic mass is 16.1. The van der Waals surface area contributed by atoms with Crippen molar-refractivity contribution in [3.05, 3.63) is 53.3 Å². The summed E-state index contributed by atoms with van der Waals surface area (Å²) in [7, 11) is 0. The molecule has 0 atom stereocenters. The number of amides is 1. The van der Waals surface area contributed by atoms with Crippen LogP contribution in [0.3, 0.4) is 0 Å². The molecule has 1 aromatic heterocycles. The summed E-state index contributed by atoms with van der Waals surface area (Å²) in [5.74, 6) is -0.184. The molecule has 0 saturated heterocycles. The van der Waals surface area contributed by atoms with E-state index in [0.717, 1.165) is 28.9 Å². The lowest BCUT2D eigenvalue weighted by Gasteiger charge is -2.21. The minimum atomic E-state index is -0.184. The van der Waals surface area contributed by atoms with Crippen molar-refractivity contribution in [2.24, 2.45) is 0 Å². The zero-order valence-corrected chi connectivity index (χ0v) is 14.5. The van der Waals surface area contributed by atoms with Gasteiger partial charge in [0.1, 0.15) is 5.69 Å². The van der Waals surface area contributed by atoms with Gasteiger partial charge in [0.05, 0.1) is 11.9 Å². The summed E-state index contributed by atoms with van der Waals surface area (Å²) >= 11 is 0. The summed E-state index contributed by atoms with van der Waals surface area (Å²) in [6, 6.07) is 9.67. The number of hydrogen-bond acceptors (Lipinski definition) is 3. The Hall–Kier alpha value is -2.36. The zero-order chi connectivity index (χ0) is 17.0. The fourth-order valence-electron chi connectivity index (χ4n) is 2.41. The SMILES string of the molecule is CCc1cccc(C)c1NC(=O)c1ccc(NC(C)(C)C)cn1. The molecule has 2 N–H and O–H groups in total. The number of carbonyl (C=O) groups is 1. The van der Waals surface area contributed by atoms with E-state index in [4.69, 9.17) is 0 Å². The van der Waals surface area contributed by atoms with Crippen molar-refractivity contribution in [2.75, 3.05) is 10.6 Å². The highest BCUT2D eigenvalue weighted by Crippen LogP contribution is 2.22. The van der Waals surface area contributed by atoms with Crippen molar-refractivity contribution in [2.45, 2.75) is 46.6 Å². The molecule has 0 aliphatic rings. The van der Waals surface area contributed by atoms with Gasteiger partial charge in [-0.1, -0.05) is 25.1 Å². The number of hydrogen-bond donors (Lipinski definition) is 2. The van der Waals surface area contributed by atoms with Crippen LogP contribution < -0.4 is 10.6 Å². The van der Waals surface area contributed by atoms with Crippen LogP contribution in [0.25, 0.3) is 0 Å². The molecular weight excluding hydrogens is 286 g/mol. The van der Waals surface area contributed by atoms with E-state index >= 15 is 0 Å². The van der Waals surface area contributed by atoms with Gasteiger partial charge in [0.15, 0.2) is 0 Å². The topological polar surface area (TPSA) is 54.0 Å². The fourth-order valence-corrected chi connectivity index (χ4v) is 2.41. The molecule has 1 heterocycles. The van der Waals surface area contributed by atoms with E-state index in [0.29, 0.717) is 5.69 Å². The lowest BCUT2D eigenvalue weighted by molar-refractivity contribution is 0.102. The number of aromatic nitrogens is 1. The lowest BCUT2D eigenvalue weighted by Crippen LogP contribution is -2.26. The Balaban J connectivity index is 2.16. The number of aryl methyl sites for hydroxylation is 2. The molecule has 4 heteroatoms. The molecule has 0 bridgehead atoms. The molecule has 0 unspecified atom stereocenters. The molecule has 2 rings (SSSR count). The van der Waals surface area contributed by atoms with Gasteiger partial charge in [-0.2, -0.15) is 0 Å². The number of para-hydroxylation sites is 1. The minimum Gasteiger partial charge on any atom is -0.379 e. The molecule has 0 aliphatic heterocycles. The van der Waals surface area contributed by atoms with Crippen LogP contribution in [0.2, 0.25) is 0 Å². The predicted octanol–water partition coefficient (Wildman–Crippen LogP) is 4.42. The van der Waals surface area contributed by atoms with E-state index < -0.39 is 0 Å². The summed E-state index contributed by atoms with van der Waals surface area (Å²) in [5.41, 5.74) is 4.35. The number of rotatable bonds is 4. The maximum atomic E-state index is 12.4. The number of pyridine rings is 1. The average molecular weight is 311 g/mol. The molecule has 4 nitrogen and oxygen atoms in total. The van der Waals surface area contributed by atoms with Crippen LogP contribution in [-0.2, 0) is 6.42 Å². The second-order valence-corrected chi connectivity index (χ2v) is 6.72. The minimum absolute atomic E-state index is 0.0391. The van der Waals surface area contributed by atoms with Gasteiger partial charge in [-0.05, 0) is 57.4 Å². The average Bonchev–Trinajstić information content (AvgIpc) is 2.48. The molecule has 1 amide bonds. The second kappa shape index (κ2) is 6.82. The van der Waals surface area contributed by atoms with Gasteiger partial charge >= 0.3 is 0 Å². The Morgan fingerprint density at radius 3 is 2.48 bits per heavy atom. The van der Waals surface area contributed by atoms with E-state index in [2.05, 4.69) is 43.3 Å². The van der Waals surface area contributed by atoms with Crippen LogP contribution in [0.4, 0.5) is 11.4 Å². The van der Waals surface area contributed by atoms with Crippen LogP contribution in [-0.4, -0.2) is 16.4 Å². The number of nitrogens with zero attached hydrogens (tertiary/aromatic N) is 1. The Morgan fingerprint density at radius 2 is 1.91 bits per heavy atom.